The first-order valence-electron chi connectivity index (χ1n) is 10.8. The van der Waals surface area contributed by atoms with Gasteiger partial charge in [-0.1, -0.05) is 0 Å². The summed E-state index contributed by atoms with van der Waals surface area (Å²) in [4.78, 5) is 31.3. The summed E-state index contributed by atoms with van der Waals surface area (Å²) < 4.78 is 19.7. The van der Waals surface area contributed by atoms with E-state index >= 15 is 0 Å². The van der Waals surface area contributed by atoms with Gasteiger partial charge in [0, 0.05) is 17.6 Å². The van der Waals surface area contributed by atoms with Gasteiger partial charge in [-0.05, 0) is 80.8 Å². The van der Waals surface area contributed by atoms with Gasteiger partial charge in [0.1, 0.15) is 22.7 Å². The second-order valence-electron chi connectivity index (χ2n) is 8.47. The molecular formula is C25H22FN5O3. The number of pyridine rings is 1. The Bertz CT molecular complexity index is 1430. The summed E-state index contributed by atoms with van der Waals surface area (Å²) in [5.41, 5.74) is 7.44. The van der Waals surface area contributed by atoms with Crippen molar-refractivity contribution in [2.75, 3.05) is 4.90 Å². The summed E-state index contributed by atoms with van der Waals surface area (Å²) in [6.07, 6.45) is 2.40. The van der Waals surface area contributed by atoms with Crippen LogP contribution >= 0.6 is 0 Å². The maximum absolute atomic E-state index is 13.6. The Morgan fingerprint density at radius 2 is 1.85 bits per heavy atom. The van der Waals surface area contributed by atoms with Crippen molar-refractivity contribution in [3.63, 3.8) is 0 Å². The molecule has 0 bridgehead atoms. The van der Waals surface area contributed by atoms with Gasteiger partial charge >= 0.3 is 0 Å². The van der Waals surface area contributed by atoms with Crippen LogP contribution in [0.2, 0.25) is 0 Å². The van der Waals surface area contributed by atoms with Crippen LogP contribution in [-0.4, -0.2) is 27.0 Å². The highest BCUT2D eigenvalue weighted by molar-refractivity contribution is 6.16. The molecule has 2 aromatic carbocycles. The summed E-state index contributed by atoms with van der Waals surface area (Å²) >= 11 is 0. The number of nitrogens with two attached hydrogens (primary N) is 1. The van der Waals surface area contributed by atoms with Crippen LogP contribution in [0.4, 0.5) is 15.8 Å². The molecule has 0 aliphatic heterocycles. The van der Waals surface area contributed by atoms with E-state index in [0.29, 0.717) is 41.4 Å². The van der Waals surface area contributed by atoms with Crippen molar-refractivity contribution < 1.29 is 18.7 Å². The molecule has 0 spiro atoms. The number of benzene rings is 2. The topological polar surface area (TPSA) is 114 Å². The van der Waals surface area contributed by atoms with E-state index < -0.39 is 23.0 Å². The van der Waals surface area contributed by atoms with Crippen LogP contribution in [0, 0.1) is 25.1 Å². The van der Waals surface area contributed by atoms with Crippen LogP contribution in [0.25, 0.3) is 11.0 Å². The fourth-order valence-corrected chi connectivity index (χ4v) is 4.08. The van der Waals surface area contributed by atoms with Crippen molar-refractivity contribution in [3.8, 4) is 11.5 Å². The molecule has 34 heavy (non-hydrogen) atoms. The molecule has 1 saturated carbocycles. The lowest BCUT2D eigenvalue weighted by molar-refractivity contribution is -0.133. The summed E-state index contributed by atoms with van der Waals surface area (Å²) in [5.74, 6) is -0.351. The van der Waals surface area contributed by atoms with Crippen LogP contribution in [0.3, 0.4) is 0 Å². The van der Waals surface area contributed by atoms with Crippen molar-refractivity contribution in [1.82, 2.24) is 15.2 Å². The molecule has 2 aromatic heterocycles. The molecule has 0 atom stereocenters. The smallest absolute Gasteiger partial charge is 0.247 e. The van der Waals surface area contributed by atoms with Crippen molar-refractivity contribution in [2.24, 2.45) is 11.1 Å². The summed E-state index contributed by atoms with van der Waals surface area (Å²) in [5, 5.41) is 7.84. The number of ether oxygens (including phenoxy) is 1. The van der Waals surface area contributed by atoms with Crippen molar-refractivity contribution in [1.29, 1.82) is 0 Å². The van der Waals surface area contributed by atoms with Gasteiger partial charge in [-0.3, -0.25) is 19.6 Å². The second-order valence-corrected chi connectivity index (χ2v) is 8.47. The summed E-state index contributed by atoms with van der Waals surface area (Å²) in [7, 11) is 0. The van der Waals surface area contributed by atoms with E-state index in [9.17, 15) is 14.0 Å². The number of hydrogen-bond acceptors (Lipinski definition) is 5. The molecule has 8 nitrogen and oxygen atoms in total. The van der Waals surface area contributed by atoms with Crippen molar-refractivity contribution in [3.05, 3.63) is 71.8 Å². The highest BCUT2D eigenvalue weighted by Gasteiger charge is 2.57. The zero-order chi connectivity index (χ0) is 24.0. The normalized spacial score (nSPS) is 14.1. The Balaban J connectivity index is 1.53. The number of halogens is 1. The fourth-order valence-electron chi connectivity index (χ4n) is 4.08. The number of aryl methyl sites for hydroxylation is 2. The fraction of sp³-hybridized carbons (Fsp3) is 0.200. The zero-order valence-corrected chi connectivity index (χ0v) is 18.6. The van der Waals surface area contributed by atoms with E-state index in [0.717, 1.165) is 16.6 Å². The van der Waals surface area contributed by atoms with Gasteiger partial charge in [-0.15, -0.1) is 0 Å². The quantitative estimate of drug-likeness (QED) is 0.414. The Morgan fingerprint density at radius 3 is 2.50 bits per heavy atom. The van der Waals surface area contributed by atoms with Crippen LogP contribution in [0.15, 0.2) is 54.7 Å². The van der Waals surface area contributed by atoms with Gasteiger partial charge in [-0.25, -0.2) is 9.37 Å². The molecule has 9 heteroatoms. The molecule has 3 N–H and O–H groups in total. The number of nitrogens with one attached hydrogen (secondary N) is 1. The van der Waals surface area contributed by atoms with Gasteiger partial charge < -0.3 is 10.5 Å². The largest absolute Gasteiger partial charge is 0.456 e. The number of anilines is 2. The van der Waals surface area contributed by atoms with Gasteiger partial charge in [0.05, 0.1) is 11.1 Å². The maximum atomic E-state index is 13.6. The molecule has 0 radical (unpaired) electrons. The molecule has 0 unspecified atom stereocenters. The molecule has 0 saturated heterocycles. The number of nitrogens with zero attached hydrogens (tertiary/aromatic N) is 3. The minimum Gasteiger partial charge on any atom is -0.456 e. The SMILES string of the molecule is Cc1cc(Oc2ccnc3n[nH]c(C)c23)ccc1N(C(=O)C1(C(N)=O)CC1)c1ccc(F)cc1. The van der Waals surface area contributed by atoms with E-state index in [4.69, 9.17) is 10.5 Å². The number of H-pyrrole nitrogens is 1. The average molecular weight is 459 g/mol. The van der Waals surface area contributed by atoms with Gasteiger partial charge in [0.2, 0.25) is 11.8 Å². The molecule has 1 aliphatic carbocycles. The molecule has 172 valence electrons. The summed E-state index contributed by atoms with van der Waals surface area (Å²) in [6, 6.07) is 12.6. The third kappa shape index (κ3) is 3.55. The Morgan fingerprint density at radius 1 is 1.12 bits per heavy atom. The number of carbonyl (C=O) groups excluding carboxylic acids is 2. The lowest BCUT2D eigenvalue weighted by atomic mass is 10.0. The number of aromatic nitrogens is 3. The first-order chi connectivity index (χ1) is 16.3. The minimum absolute atomic E-state index is 0.390. The van der Waals surface area contributed by atoms with E-state index in [2.05, 4.69) is 15.2 Å². The number of aromatic amines is 1. The first-order valence-corrected chi connectivity index (χ1v) is 10.8. The van der Waals surface area contributed by atoms with Crippen molar-refractivity contribution >= 4 is 34.2 Å². The molecular weight excluding hydrogens is 437 g/mol. The average Bonchev–Trinajstić information content (AvgIpc) is 3.55. The molecule has 4 aromatic rings. The van der Waals surface area contributed by atoms with E-state index in [-0.39, 0.29) is 0 Å². The second kappa shape index (κ2) is 7.95. The van der Waals surface area contributed by atoms with E-state index in [1.165, 1.54) is 29.2 Å². The number of rotatable bonds is 6. The highest BCUT2D eigenvalue weighted by atomic mass is 19.1. The lowest BCUT2D eigenvalue weighted by Crippen LogP contribution is -2.41. The lowest BCUT2D eigenvalue weighted by Gasteiger charge is -2.28. The number of amides is 2. The zero-order valence-electron chi connectivity index (χ0n) is 18.6. The van der Waals surface area contributed by atoms with E-state index in [1.807, 2.05) is 13.8 Å². The Hall–Kier alpha value is -4.27. The molecule has 1 fully saturated rings. The molecule has 5 rings (SSSR count). The number of carbonyl (C=O) groups is 2. The number of hydrogen-bond donors (Lipinski definition) is 2. The Kier molecular flexibility index (Phi) is 5.04. The predicted molar refractivity (Wildman–Crippen MR) is 124 cm³/mol. The number of primary amides is 1. The van der Waals surface area contributed by atoms with Crippen molar-refractivity contribution in [2.45, 2.75) is 26.7 Å². The summed E-state index contributed by atoms with van der Waals surface area (Å²) in [6.45, 7) is 3.72. The predicted octanol–water partition coefficient (Wildman–Crippen LogP) is 4.44. The first kappa shape index (κ1) is 21.6. The van der Waals surface area contributed by atoms with Crippen LogP contribution in [0.5, 0.6) is 11.5 Å². The third-order valence-electron chi connectivity index (χ3n) is 6.15. The monoisotopic (exact) mass is 459 g/mol. The Labute approximate surface area is 194 Å². The third-order valence-corrected chi connectivity index (χ3v) is 6.15. The molecule has 2 heterocycles. The highest BCUT2D eigenvalue weighted by Crippen LogP contribution is 2.49. The van der Waals surface area contributed by atoms with Crippen LogP contribution in [0.1, 0.15) is 24.1 Å². The van der Waals surface area contributed by atoms with Crippen LogP contribution in [-0.2, 0) is 9.59 Å². The van der Waals surface area contributed by atoms with Gasteiger partial charge in [0.15, 0.2) is 5.65 Å². The molecule has 1 aliphatic rings. The standard InChI is InChI=1S/C25H22FN5O3/c1-14-13-18(34-20-9-12-28-22-21(20)15(2)29-30-22)7-8-19(14)31(17-5-3-16(26)4-6-17)24(33)25(10-11-25)23(27)32/h3-9,12-13H,10-11H2,1-2H3,(H2,27,32)(H,28,29,30). The molecule has 2 amide bonds. The van der Waals surface area contributed by atoms with Crippen LogP contribution < -0.4 is 15.4 Å². The van der Waals surface area contributed by atoms with Gasteiger partial charge in [-0.2, -0.15) is 5.10 Å². The minimum atomic E-state index is -1.24. The van der Waals surface area contributed by atoms with Gasteiger partial charge in [0.25, 0.3) is 0 Å². The maximum Gasteiger partial charge on any atom is 0.247 e. The van der Waals surface area contributed by atoms with E-state index in [1.54, 1.807) is 30.5 Å². The number of fused-ring (bicyclic) bond motifs is 1.